The van der Waals surface area contributed by atoms with Crippen molar-refractivity contribution in [1.29, 1.82) is 0 Å². The molecule has 4 heteroatoms. The van der Waals surface area contributed by atoms with Crippen LogP contribution in [0.25, 0.3) is 0 Å². The van der Waals surface area contributed by atoms with Crippen LogP contribution in [0.1, 0.15) is 28.3 Å². The van der Waals surface area contributed by atoms with Gasteiger partial charge in [-0.2, -0.15) is 0 Å². The molecule has 0 aliphatic heterocycles. The summed E-state index contributed by atoms with van der Waals surface area (Å²) in [6.45, 7) is 4.13. The van der Waals surface area contributed by atoms with Crippen LogP contribution in [0, 0.1) is 17.4 Å². The van der Waals surface area contributed by atoms with Crippen LogP contribution in [-0.2, 0) is 0 Å². The summed E-state index contributed by atoms with van der Waals surface area (Å²) in [4.78, 5) is 0. The van der Waals surface area contributed by atoms with E-state index in [0.717, 1.165) is 24.2 Å². The monoisotopic (exact) mass is 449 g/mol. The van der Waals surface area contributed by atoms with E-state index in [2.05, 4.69) is 64.5 Å². The third-order valence-corrected chi connectivity index (χ3v) is 4.96. The smallest absolute Gasteiger partial charge is 0.0578 e. The number of hydrogen-bond acceptors (Lipinski definition) is 1. The fraction of sp³-hybridized carbons (Fsp3) is 0.200. The third-order valence-electron chi connectivity index (χ3n) is 3.24. The van der Waals surface area contributed by atoms with E-state index in [1.54, 1.807) is 0 Å². The zero-order chi connectivity index (χ0) is 14.2. The Bertz CT molecular complexity index is 628. The molecule has 0 aliphatic rings. The number of rotatable bonds is 2. The third kappa shape index (κ3) is 3.32. The van der Waals surface area contributed by atoms with E-state index < -0.39 is 0 Å². The van der Waals surface area contributed by atoms with Crippen molar-refractivity contribution in [3.05, 3.63) is 65.7 Å². The zero-order valence-electron chi connectivity index (χ0n) is 10.7. The van der Waals surface area contributed by atoms with Gasteiger partial charge in [0.05, 0.1) is 6.04 Å². The summed E-state index contributed by atoms with van der Waals surface area (Å²) in [6.07, 6.45) is 0. The van der Waals surface area contributed by atoms with Gasteiger partial charge in [0.2, 0.25) is 0 Å². The number of benzene rings is 2. The predicted molar refractivity (Wildman–Crippen MR) is 93.8 cm³/mol. The summed E-state index contributed by atoms with van der Waals surface area (Å²) in [5.74, 6) is 0. The van der Waals surface area contributed by atoms with Crippen LogP contribution in [0.15, 0.2) is 34.8 Å². The molecule has 0 saturated heterocycles. The van der Waals surface area contributed by atoms with Crippen LogP contribution in [-0.4, -0.2) is 0 Å². The van der Waals surface area contributed by atoms with Crippen molar-refractivity contribution in [2.45, 2.75) is 19.9 Å². The highest BCUT2D eigenvalue weighted by molar-refractivity contribution is 14.1. The molecule has 2 N–H and O–H groups in total. The Morgan fingerprint density at radius 3 is 2.42 bits per heavy atom. The molecule has 100 valence electrons. The Morgan fingerprint density at radius 2 is 1.74 bits per heavy atom. The van der Waals surface area contributed by atoms with Crippen LogP contribution >= 0.6 is 50.1 Å². The first-order valence-corrected chi connectivity index (χ1v) is 8.12. The maximum atomic E-state index is 6.39. The average Bonchev–Trinajstić information content (AvgIpc) is 2.36. The van der Waals surface area contributed by atoms with Crippen LogP contribution in [0.2, 0.25) is 5.02 Å². The molecule has 0 bridgehead atoms. The van der Waals surface area contributed by atoms with E-state index in [-0.39, 0.29) is 6.04 Å². The van der Waals surface area contributed by atoms with E-state index in [1.807, 2.05) is 18.2 Å². The van der Waals surface area contributed by atoms with Crippen molar-refractivity contribution in [2.75, 3.05) is 0 Å². The molecule has 0 aliphatic carbocycles. The molecule has 19 heavy (non-hydrogen) atoms. The second kappa shape index (κ2) is 6.12. The quantitative estimate of drug-likeness (QED) is 0.612. The molecule has 0 aromatic heterocycles. The van der Waals surface area contributed by atoms with Crippen molar-refractivity contribution in [3.63, 3.8) is 0 Å². The van der Waals surface area contributed by atoms with E-state index in [9.17, 15) is 0 Å². The minimum Gasteiger partial charge on any atom is -0.320 e. The standard InChI is InChI=1S/C15H14BrClIN/c1-8-5-12(14(17)6-9(8)2)15(19)11-7-10(18)3-4-13(11)16/h3-7,15H,19H2,1-2H3. The Labute approximate surface area is 140 Å². The Kier molecular flexibility index (Phi) is 4.93. The first kappa shape index (κ1) is 15.3. The molecule has 1 unspecified atom stereocenters. The maximum Gasteiger partial charge on any atom is 0.0578 e. The van der Waals surface area contributed by atoms with Gasteiger partial charge in [0.15, 0.2) is 0 Å². The fourth-order valence-electron chi connectivity index (χ4n) is 1.96. The molecule has 0 fully saturated rings. The Balaban J connectivity index is 2.52. The lowest BCUT2D eigenvalue weighted by Crippen LogP contribution is -2.14. The molecule has 1 nitrogen and oxygen atoms in total. The van der Waals surface area contributed by atoms with Crippen molar-refractivity contribution in [1.82, 2.24) is 0 Å². The van der Waals surface area contributed by atoms with Crippen molar-refractivity contribution in [3.8, 4) is 0 Å². The lowest BCUT2D eigenvalue weighted by atomic mass is 9.96. The van der Waals surface area contributed by atoms with Crippen LogP contribution in [0.5, 0.6) is 0 Å². The van der Waals surface area contributed by atoms with E-state index in [1.165, 1.54) is 11.1 Å². The first-order valence-electron chi connectivity index (χ1n) is 5.87. The summed E-state index contributed by atoms with van der Waals surface area (Å²) in [7, 11) is 0. The van der Waals surface area contributed by atoms with Crippen molar-refractivity contribution >= 4 is 50.1 Å². The van der Waals surface area contributed by atoms with E-state index in [0.29, 0.717) is 0 Å². The first-order chi connectivity index (χ1) is 8.90. The topological polar surface area (TPSA) is 26.0 Å². The largest absolute Gasteiger partial charge is 0.320 e. The van der Waals surface area contributed by atoms with Crippen LogP contribution in [0.4, 0.5) is 0 Å². The van der Waals surface area contributed by atoms with Gasteiger partial charge < -0.3 is 5.73 Å². The summed E-state index contributed by atoms with van der Waals surface area (Å²) < 4.78 is 2.17. The minimum absolute atomic E-state index is 0.226. The number of hydrogen-bond donors (Lipinski definition) is 1. The minimum atomic E-state index is -0.226. The Morgan fingerprint density at radius 1 is 1.11 bits per heavy atom. The number of aryl methyl sites for hydroxylation is 2. The molecule has 0 radical (unpaired) electrons. The summed E-state index contributed by atoms with van der Waals surface area (Å²) >= 11 is 12.2. The normalized spacial score (nSPS) is 12.5. The van der Waals surface area contributed by atoms with Gasteiger partial charge in [0.25, 0.3) is 0 Å². The summed E-state index contributed by atoms with van der Waals surface area (Å²) in [5, 5.41) is 0.723. The molecule has 2 aromatic carbocycles. The van der Waals surface area contributed by atoms with Gasteiger partial charge in [0.1, 0.15) is 0 Å². The van der Waals surface area contributed by atoms with E-state index in [4.69, 9.17) is 17.3 Å². The molecule has 1 atom stereocenters. The highest BCUT2D eigenvalue weighted by atomic mass is 127. The van der Waals surface area contributed by atoms with Crippen molar-refractivity contribution in [2.24, 2.45) is 5.73 Å². The van der Waals surface area contributed by atoms with Crippen molar-refractivity contribution < 1.29 is 0 Å². The second-order valence-corrected chi connectivity index (χ2v) is 7.11. The van der Waals surface area contributed by atoms with Gasteiger partial charge in [0, 0.05) is 13.1 Å². The average molecular weight is 451 g/mol. The van der Waals surface area contributed by atoms with Crippen LogP contribution in [0.3, 0.4) is 0 Å². The molecule has 0 saturated carbocycles. The zero-order valence-corrected chi connectivity index (χ0v) is 15.2. The van der Waals surface area contributed by atoms with Crippen LogP contribution < -0.4 is 5.73 Å². The van der Waals surface area contributed by atoms with Gasteiger partial charge in [-0.05, 0) is 83.0 Å². The lowest BCUT2D eigenvalue weighted by Gasteiger charge is -2.18. The SMILES string of the molecule is Cc1cc(Cl)c(C(N)c2cc(I)ccc2Br)cc1C. The molecule has 2 aromatic rings. The van der Waals surface area contributed by atoms with Gasteiger partial charge in [-0.1, -0.05) is 33.6 Å². The molecule has 0 amide bonds. The van der Waals surface area contributed by atoms with Gasteiger partial charge in [-0.25, -0.2) is 0 Å². The maximum absolute atomic E-state index is 6.39. The fourth-order valence-corrected chi connectivity index (χ4v) is 3.31. The highest BCUT2D eigenvalue weighted by Crippen LogP contribution is 2.33. The summed E-state index contributed by atoms with van der Waals surface area (Å²) in [6, 6.07) is 9.98. The van der Waals surface area contributed by atoms with Gasteiger partial charge in [-0.3, -0.25) is 0 Å². The number of nitrogens with two attached hydrogens (primary N) is 1. The predicted octanol–water partition coefficient (Wildman–Crippen LogP) is 5.37. The lowest BCUT2D eigenvalue weighted by molar-refractivity contribution is 0.862. The molecule has 0 heterocycles. The molecular weight excluding hydrogens is 436 g/mol. The van der Waals surface area contributed by atoms with Gasteiger partial charge in [-0.15, -0.1) is 0 Å². The van der Waals surface area contributed by atoms with E-state index >= 15 is 0 Å². The van der Waals surface area contributed by atoms with Gasteiger partial charge >= 0.3 is 0 Å². The summed E-state index contributed by atoms with van der Waals surface area (Å²) in [5.41, 5.74) is 10.8. The molecule has 2 rings (SSSR count). The molecule has 0 spiro atoms. The second-order valence-electron chi connectivity index (χ2n) is 4.60. The molecular formula is C15H14BrClIN. The number of halogens is 3. The highest BCUT2D eigenvalue weighted by Gasteiger charge is 2.16. The Hall–Kier alpha value is -0.100.